The first kappa shape index (κ1) is 17.7. The van der Waals surface area contributed by atoms with E-state index in [1.807, 2.05) is 6.07 Å². The van der Waals surface area contributed by atoms with Crippen molar-refractivity contribution in [1.29, 1.82) is 0 Å². The van der Waals surface area contributed by atoms with E-state index in [0.717, 1.165) is 51.3 Å². The fraction of sp³-hybridized carbons (Fsp3) is 0.700. The normalized spacial score (nSPS) is 23.8. The van der Waals surface area contributed by atoms with E-state index in [-0.39, 0.29) is 0 Å². The van der Waals surface area contributed by atoms with Gasteiger partial charge >= 0.3 is 0 Å². The second kappa shape index (κ2) is 7.85. The van der Waals surface area contributed by atoms with Crippen LogP contribution >= 0.6 is 0 Å². The second-order valence-electron chi connectivity index (χ2n) is 7.55. The molecule has 0 radical (unpaired) electrons. The summed E-state index contributed by atoms with van der Waals surface area (Å²) in [5.41, 5.74) is 0.882. The lowest BCUT2D eigenvalue weighted by Crippen LogP contribution is -2.52. The Balaban J connectivity index is 1.52. The lowest BCUT2D eigenvalue weighted by molar-refractivity contribution is -0.0378. The number of ether oxygens (including phenoxy) is 1. The Kier molecular flexibility index (Phi) is 5.80. The monoisotopic (exact) mass is 332 g/mol. The Hall–Kier alpha value is -1.10. The van der Waals surface area contributed by atoms with Gasteiger partial charge in [0.15, 0.2) is 0 Å². The third-order valence-corrected chi connectivity index (χ3v) is 5.83. The molecule has 134 valence electrons. The highest BCUT2D eigenvalue weighted by Crippen LogP contribution is 2.30. The van der Waals surface area contributed by atoms with Gasteiger partial charge in [-0.25, -0.2) is 0 Å². The SMILES string of the molecule is COc1cccc(C(C)N2CCN(CC3(O)CCCCC3)CC2)c1. The van der Waals surface area contributed by atoms with Crippen LogP contribution in [-0.2, 0) is 0 Å². The molecular formula is C20H32N2O2. The third kappa shape index (κ3) is 4.29. The molecule has 1 aromatic rings. The molecule has 1 heterocycles. The number of methoxy groups -OCH3 is 1. The standard InChI is InChI=1S/C20H32N2O2/c1-17(18-7-6-8-19(15-18)24-2)22-13-11-21(12-14-22)16-20(23)9-4-3-5-10-20/h6-8,15,17,23H,3-5,9-14,16H2,1-2H3. The number of piperazine rings is 1. The van der Waals surface area contributed by atoms with Crippen LogP contribution < -0.4 is 4.74 Å². The molecule has 3 rings (SSSR count). The molecule has 2 fully saturated rings. The first-order valence-electron chi connectivity index (χ1n) is 9.42. The van der Waals surface area contributed by atoms with Crippen LogP contribution in [0.3, 0.4) is 0 Å². The maximum atomic E-state index is 10.8. The van der Waals surface area contributed by atoms with Crippen molar-refractivity contribution in [2.45, 2.75) is 50.7 Å². The smallest absolute Gasteiger partial charge is 0.119 e. The number of rotatable bonds is 5. The first-order valence-corrected chi connectivity index (χ1v) is 9.42. The van der Waals surface area contributed by atoms with Gasteiger partial charge in [-0.3, -0.25) is 9.80 Å². The number of benzene rings is 1. The molecule has 1 atom stereocenters. The van der Waals surface area contributed by atoms with E-state index in [4.69, 9.17) is 4.74 Å². The summed E-state index contributed by atoms with van der Waals surface area (Å²) in [4.78, 5) is 5.00. The van der Waals surface area contributed by atoms with Crippen LogP contribution in [0.4, 0.5) is 0 Å². The Morgan fingerprint density at radius 2 is 1.83 bits per heavy atom. The summed E-state index contributed by atoms with van der Waals surface area (Å²) in [7, 11) is 1.72. The minimum absolute atomic E-state index is 0.403. The molecule has 0 bridgehead atoms. The number of nitrogens with zero attached hydrogens (tertiary/aromatic N) is 2. The van der Waals surface area contributed by atoms with Crippen LogP contribution in [0, 0.1) is 0 Å². The fourth-order valence-electron chi connectivity index (χ4n) is 4.21. The van der Waals surface area contributed by atoms with Crippen molar-refractivity contribution < 1.29 is 9.84 Å². The van der Waals surface area contributed by atoms with Crippen LogP contribution in [0.25, 0.3) is 0 Å². The second-order valence-corrected chi connectivity index (χ2v) is 7.55. The Labute approximate surface area is 146 Å². The van der Waals surface area contributed by atoms with Gasteiger partial charge in [0.1, 0.15) is 5.75 Å². The van der Waals surface area contributed by atoms with Gasteiger partial charge in [-0.15, -0.1) is 0 Å². The largest absolute Gasteiger partial charge is 0.497 e. The van der Waals surface area contributed by atoms with Gasteiger partial charge in [-0.1, -0.05) is 31.4 Å². The molecule has 1 N–H and O–H groups in total. The van der Waals surface area contributed by atoms with Crippen molar-refractivity contribution in [3.05, 3.63) is 29.8 Å². The van der Waals surface area contributed by atoms with Gasteiger partial charge in [0.05, 0.1) is 12.7 Å². The number of aliphatic hydroxyl groups is 1. The van der Waals surface area contributed by atoms with Crippen LogP contribution in [0.2, 0.25) is 0 Å². The van der Waals surface area contributed by atoms with E-state index in [9.17, 15) is 5.11 Å². The number of β-amino-alcohol motifs (C(OH)–C–C–N with tert-alkyl or cyclic N) is 1. The predicted molar refractivity (Wildman–Crippen MR) is 97.5 cm³/mol. The molecule has 2 aliphatic rings. The maximum Gasteiger partial charge on any atom is 0.119 e. The van der Waals surface area contributed by atoms with Gasteiger partial charge < -0.3 is 9.84 Å². The van der Waals surface area contributed by atoms with Crippen molar-refractivity contribution in [2.75, 3.05) is 39.8 Å². The molecule has 1 aliphatic carbocycles. The zero-order valence-corrected chi connectivity index (χ0v) is 15.2. The van der Waals surface area contributed by atoms with Gasteiger partial charge in [-0.2, -0.15) is 0 Å². The number of hydrogen-bond donors (Lipinski definition) is 1. The molecule has 1 unspecified atom stereocenters. The maximum absolute atomic E-state index is 10.8. The molecule has 1 saturated heterocycles. The third-order valence-electron chi connectivity index (χ3n) is 5.83. The summed E-state index contributed by atoms with van der Waals surface area (Å²) in [6.07, 6.45) is 5.61. The molecule has 4 heteroatoms. The van der Waals surface area contributed by atoms with E-state index < -0.39 is 5.60 Å². The average Bonchev–Trinajstić information content (AvgIpc) is 2.62. The zero-order chi connectivity index (χ0) is 17.0. The first-order chi connectivity index (χ1) is 11.6. The van der Waals surface area contributed by atoms with Gasteiger partial charge in [0.25, 0.3) is 0 Å². The van der Waals surface area contributed by atoms with Gasteiger partial charge in [0.2, 0.25) is 0 Å². The lowest BCUT2D eigenvalue weighted by Gasteiger charge is -2.42. The Morgan fingerprint density at radius 1 is 1.12 bits per heavy atom. The lowest BCUT2D eigenvalue weighted by atomic mass is 9.84. The van der Waals surface area contributed by atoms with Gasteiger partial charge in [0, 0.05) is 38.8 Å². The molecule has 0 amide bonds. The van der Waals surface area contributed by atoms with E-state index in [0.29, 0.717) is 6.04 Å². The van der Waals surface area contributed by atoms with Crippen molar-refractivity contribution >= 4 is 0 Å². The van der Waals surface area contributed by atoms with Gasteiger partial charge in [-0.05, 0) is 37.5 Å². The van der Waals surface area contributed by atoms with Crippen molar-refractivity contribution in [1.82, 2.24) is 9.80 Å². The Morgan fingerprint density at radius 3 is 2.50 bits per heavy atom. The Bertz CT molecular complexity index is 520. The summed E-state index contributed by atoms with van der Waals surface area (Å²) in [6, 6.07) is 8.80. The minimum Gasteiger partial charge on any atom is -0.497 e. The molecule has 0 aromatic heterocycles. The molecule has 1 saturated carbocycles. The topological polar surface area (TPSA) is 35.9 Å². The van der Waals surface area contributed by atoms with Crippen LogP contribution in [0.1, 0.15) is 50.6 Å². The van der Waals surface area contributed by atoms with Crippen molar-refractivity contribution in [2.24, 2.45) is 0 Å². The van der Waals surface area contributed by atoms with E-state index >= 15 is 0 Å². The summed E-state index contributed by atoms with van der Waals surface area (Å²) in [5, 5.41) is 10.8. The van der Waals surface area contributed by atoms with Crippen LogP contribution in [0.5, 0.6) is 5.75 Å². The highest BCUT2D eigenvalue weighted by Gasteiger charge is 2.33. The quantitative estimate of drug-likeness (QED) is 0.899. The van der Waals surface area contributed by atoms with Crippen molar-refractivity contribution in [3.63, 3.8) is 0 Å². The molecule has 24 heavy (non-hydrogen) atoms. The molecule has 4 nitrogen and oxygen atoms in total. The van der Waals surface area contributed by atoms with Crippen LogP contribution in [-0.4, -0.2) is 60.3 Å². The summed E-state index contributed by atoms with van der Waals surface area (Å²) < 4.78 is 5.35. The molecule has 1 aromatic carbocycles. The minimum atomic E-state index is -0.432. The zero-order valence-electron chi connectivity index (χ0n) is 15.2. The molecule has 0 spiro atoms. The van der Waals surface area contributed by atoms with Crippen molar-refractivity contribution in [3.8, 4) is 5.75 Å². The van der Waals surface area contributed by atoms with Crippen LogP contribution in [0.15, 0.2) is 24.3 Å². The summed E-state index contributed by atoms with van der Waals surface area (Å²) >= 11 is 0. The fourth-order valence-corrected chi connectivity index (χ4v) is 4.21. The summed E-state index contributed by atoms with van der Waals surface area (Å²) in [5.74, 6) is 0.928. The average molecular weight is 332 g/mol. The van der Waals surface area contributed by atoms with E-state index in [1.54, 1.807) is 7.11 Å². The molecule has 1 aliphatic heterocycles. The highest BCUT2D eigenvalue weighted by atomic mass is 16.5. The molecular weight excluding hydrogens is 300 g/mol. The number of hydrogen-bond acceptors (Lipinski definition) is 4. The summed E-state index contributed by atoms with van der Waals surface area (Å²) in [6.45, 7) is 7.36. The van der Waals surface area contributed by atoms with E-state index in [1.165, 1.54) is 24.8 Å². The highest BCUT2D eigenvalue weighted by molar-refractivity contribution is 5.30. The predicted octanol–water partition coefficient (Wildman–Crippen LogP) is 3.07. The van der Waals surface area contributed by atoms with E-state index in [2.05, 4.69) is 34.9 Å².